The molecule has 164 valence electrons. The number of nitrogens with one attached hydrogen (secondary N) is 2. The molecule has 0 spiro atoms. The normalized spacial score (nSPS) is 12.7. The Balaban J connectivity index is 1.83. The lowest BCUT2D eigenvalue weighted by Gasteiger charge is -2.14. The number of thiophene rings is 2. The molecule has 0 bridgehead atoms. The molecule has 2 N–H and O–H groups in total. The summed E-state index contributed by atoms with van der Waals surface area (Å²) in [5, 5.41) is 10.5. The third-order valence-electron chi connectivity index (χ3n) is 4.09. The van der Waals surface area contributed by atoms with Crippen molar-refractivity contribution < 1.29 is 21.6 Å². The Labute approximate surface area is 190 Å². The molecule has 0 unspecified atom stereocenters. The smallest absolute Gasteiger partial charge is 0.376 e. The van der Waals surface area contributed by atoms with Crippen LogP contribution in [-0.4, -0.2) is 26.6 Å². The van der Waals surface area contributed by atoms with Crippen molar-refractivity contribution in [3.8, 4) is 10.4 Å². The fraction of sp³-hybridized carbons (Fsp3) is 0.150. The highest BCUT2D eigenvalue weighted by atomic mass is 35.5. The van der Waals surface area contributed by atoms with Gasteiger partial charge in [-0.15, -0.1) is 22.7 Å². The Morgan fingerprint density at radius 3 is 2.52 bits per heavy atom. The molecule has 3 aromatic rings. The summed E-state index contributed by atoms with van der Waals surface area (Å²) in [6.45, 7) is -0.0655. The molecule has 2 aromatic heterocycles. The molecule has 2 heterocycles. The van der Waals surface area contributed by atoms with E-state index in [2.05, 4.69) is 5.32 Å². The minimum Gasteiger partial charge on any atom is -0.376 e. The van der Waals surface area contributed by atoms with E-state index in [4.69, 9.17) is 17.0 Å². The maximum absolute atomic E-state index is 13.4. The minimum atomic E-state index is -4.66. The van der Waals surface area contributed by atoms with E-state index in [-0.39, 0.29) is 17.2 Å². The largest absolute Gasteiger partial charge is 0.430 e. The fourth-order valence-corrected chi connectivity index (χ4v) is 5.21. The molecular weight excluding hydrogens is 489 g/mol. The monoisotopic (exact) mass is 504 g/mol. The van der Waals surface area contributed by atoms with E-state index in [1.807, 2.05) is 0 Å². The van der Waals surface area contributed by atoms with Crippen LogP contribution in [0.3, 0.4) is 0 Å². The van der Waals surface area contributed by atoms with Crippen LogP contribution in [0.15, 0.2) is 65.2 Å². The molecule has 0 radical (unpaired) electrons. The van der Waals surface area contributed by atoms with Gasteiger partial charge >= 0.3 is 6.18 Å². The number of halogens is 4. The van der Waals surface area contributed by atoms with Crippen LogP contribution in [0.4, 0.5) is 13.2 Å². The maximum Gasteiger partial charge on any atom is 0.430 e. The van der Waals surface area contributed by atoms with Crippen molar-refractivity contribution in [2.24, 2.45) is 0 Å². The number of allylic oxidation sites excluding steroid dienone is 2. The lowest BCUT2D eigenvalue weighted by Crippen LogP contribution is -2.26. The van der Waals surface area contributed by atoms with Crippen molar-refractivity contribution in [3.05, 3.63) is 74.4 Å². The zero-order chi connectivity index (χ0) is 22.8. The number of hydrogen-bond donors (Lipinski definition) is 2. The summed E-state index contributed by atoms with van der Waals surface area (Å²) >= 11 is 8.09. The lowest BCUT2D eigenvalue weighted by molar-refractivity contribution is -0.0967. The van der Waals surface area contributed by atoms with E-state index in [0.717, 1.165) is 23.7 Å². The van der Waals surface area contributed by atoms with Gasteiger partial charge in [-0.05, 0) is 48.0 Å². The van der Waals surface area contributed by atoms with Gasteiger partial charge in [-0.1, -0.05) is 23.7 Å². The Bertz CT molecular complexity index is 1240. The highest BCUT2D eigenvalue weighted by Gasteiger charge is 2.34. The number of rotatable bonds is 7. The molecule has 0 aliphatic rings. The van der Waals surface area contributed by atoms with Crippen LogP contribution in [0.5, 0.6) is 0 Å². The zero-order valence-electron chi connectivity index (χ0n) is 16.0. The molecule has 31 heavy (non-hydrogen) atoms. The van der Waals surface area contributed by atoms with Gasteiger partial charge in [0.1, 0.15) is 5.70 Å². The van der Waals surface area contributed by atoms with E-state index in [0.29, 0.717) is 24.5 Å². The Hall–Kier alpha value is -2.14. The average molecular weight is 505 g/mol. The molecule has 3 rings (SSSR count). The van der Waals surface area contributed by atoms with Crippen molar-refractivity contribution in [2.75, 3.05) is 6.26 Å². The van der Waals surface area contributed by atoms with Crippen LogP contribution < -0.4 is 5.32 Å². The highest BCUT2D eigenvalue weighted by Crippen LogP contribution is 2.31. The van der Waals surface area contributed by atoms with E-state index in [1.54, 1.807) is 36.4 Å². The number of alkyl halides is 3. The van der Waals surface area contributed by atoms with Crippen LogP contribution in [0.25, 0.3) is 10.4 Å². The second-order valence-corrected chi connectivity index (χ2v) is 11.4. The van der Waals surface area contributed by atoms with Gasteiger partial charge in [0.25, 0.3) is 0 Å². The second-order valence-electron chi connectivity index (χ2n) is 6.49. The molecule has 11 heteroatoms. The first-order valence-electron chi connectivity index (χ1n) is 8.70. The minimum absolute atomic E-state index is 0.0655. The van der Waals surface area contributed by atoms with Crippen molar-refractivity contribution >= 4 is 49.8 Å². The summed E-state index contributed by atoms with van der Waals surface area (Å²) in [6.07, 6.45) is -2.81. The second kappa shape index (κ2) is 9.15. The summed E-state index contributed by atoms with van der Waals surface area (Å²) in [4.78, 5) is 1.75. The van der Waals surface area contributed by atoms with Gasteiger partial charge < -0.3 is 5.32 Å². The lowest BCUT2D eigenvalue weighted by atomic mass is 10.2. The van der Waals surface area contributed by atoms with Crippen molar-refractivity contribution in [1.82, 2.24) is 5.32 Å². The van der Waals surface area contributed by atoms with Gasteiger partial charge in [0.05, 0.1) is 19.8 Å². The molecule has 1 aromatic carbocycles. The molecule has 0 amide bonds. The van der Waals surface area contributed by atoms with Crippen LogP contribution in [0.2, 0.25) is 4.34 Å². The first-order chi connectivity index (χ1) is 14.4. The van der Waals surface area contributed by atoms with Crippen LogP contribution in [0, 0.1) is 5.41 Å². The van der Waals surface area contributed by atoms with Gasteiger partial charge in [-0.2, -0.15) is 13.2 Å². The van der Waals surface area contributed by atoms with Crippen LogP contribution in [-0.2, 0) is 16.4 Å². The van der Waals surface area contributed by atoms with E-state index in [9.17, 15) is 21.6 Å². The highest BCUT2D eigenvalue weighted by molar-refractivity contribution is 7.90. The summed E-state index contributed by atoms with van der Waals surface area (Å²) in [5.74, 6) is 0. The topological polar surface area (TPSA) is 70.0 Å². The van der Waals surface area contributed by atoms with Gasteiger partial charge in [-0.25, -0.2) is 8.42 Å². The Kier molecular flexibility index (Phi) is 6.95. The molecular formula is C20H16ClF3N2O2S3. The molecule has 4 nitrogen and oxygen atoms in total. The third-order valence-corrected chi connectivity index (χ3v) is 7.60. The average Bonchev–Trinajstić information content (AvgIpc) is 3.33. The molecule has 0 aliphatic heterocycles. The zero-order valence-corrected chi connectivity index (χ0v) is 19.2. The maximum atomic E-state index is 13.4. The van der Waals surface area contributed by atoms with Crippen LogP contribution >= 0.6 is 34.3 Å². The molecule has 0 saturated heterocycles. The summed E-state index contributed by atoms with van der Waals surface area (Å²) in [6, 6.07) is 12.7. The van der Waals surface area contributed by atoms with Gasteiger partial charge in [-0.3, -0.25) is 5.41 Å². The molecule has 0 aliphatic carbocycles. The first-order valence-corrected chi connectivity index (χ1v) is 12.6. The van der Waals surface area contributed by atoms with Crippen molar-refractivity contribution in [2.45, 2.75) is 17.6 Å². The van der Waals surface area contributed by atoms with Crippen molar-refractivity contribution in [3.63, 3.8) is 0 Å². The number of sulfone groups is 1. The van der Waals surface area contributed by atoms with E-state index in [1.165, 1.54) is 23.5 Å². The SMILES string of the molecule is CS(=O)(=O)c1cccc(-c2ccc(C(=N)/C=C(\NCc3ccc(Cl)s3)C(F)(F)F)s2)c1. The van der Waals surface area contributed by atoms with Crippen LogP contribution in [0.1, 0.15) is 9.75 Å². The van der Waals surface area contributed by atoms with Gasteiger partial charge in [0, 0.05) is 22.6 Å². The van der Waals surface area contributed by atoms with Gasteiger partial charge in [0.15, 0.2) is 9.84 Å². The standard InChI is InChI=1S/C20H16ClF3N2O2S3/c1-31(27,28)14-4-2-3-12(9-14)16-6-7-17(30-16)15(25)10-18(20(22,23)24)26-11-13-5-8-19(21)29-13/h2-10,25-26H,11H2,1H3/b18-10-,25-15?. The predicted octanol–water partition coefficient (Wildman–Crippen LogP) is 6.14. The number of hydrogen-bond acceptors (Lipinski definition) is 6. The summed E-state index contributed by atoms with van der Waals surface area (Å²) in [5.41, 5.74) is -0.727. The number of benzene rings is 1. The summed E-state index contributed by atoms with van der Waals surface area (Å²) < 4.78 is 64.3. The Morgan fingerprint density at radius 2 is 1.90 bits per heavy atom. The quantitative estimate of drug-likeness (QED) is 0.380. The van der Waals surface area contributed by atoms with Gasteiger partial charge in [0.2, 0.25) is 0 Å². The molecule has 0 saturated carbocycles. The predicted molar refractivity (Wildman–Crippen MR) is 120 cm³/mol. The summed E-state index contributed by atoms with van der Waals surface area (Å²) in [7, 11) is -3.39. The van der Waals surface area contributed by atoms with E-state index >= 15 is 0 Å². The van der Waals surface area contributed by atoms with Crippen molar-refractivity contribution in [1.29, 1.82) is 5.41 Å². The fourth-order valence-electron chi connectivity index (χ4n) is 2.60. The first kappa shape index (κ1) is 23.5. The Morgan fingerprint density at radius 1 is 1.16 bits per heavy atom. The molecule has 0 fully saturated rings. The third kappa shape index (κ3) is 6.19. The van der Waals surface area contributed by atoms with E-state index < -0.39 is 21.7 Å². The molecule has 0 atom stereocenters.